The van der Waals surface area contributed by atoms with Gasteiger partial charge in [0.25, 0.3) is 0 Å². The molecule has 0 aromatic heterocycles. The zero-order valence-electron chi connectivity index (χ0n) is 7.96. The Labute approximate surface area is 91.3 Å². The summed E-state index contributed by atoms with van der Waals surface area (Å²) in [5, 5.41) is 27.9. The predicted molar refractivity (Wildman–Crippen MR) is 46.5 cm³/mol. The van der Waals surface area contributed by atoms with Crippen LogP contribution < -0.4 is 5.73 Å². The lowest BCUT2D eigenvalue weighted by molar-refractivity contribution is -0.247. The van der Waals surface area contributed by atoms with Crippen LogP contribution >= 0.6 is 0 Å². The van der Waals surface area contributed by atoms with Crippen LogP contribution in [-0.4, -0.2) is 65.5 Å². The van der Waals surface area contributed by atoms with Gasteiger partial charge in [0.1, 0.15) is 18.3 Å². The van der Waals surface area contributed by atoms with Gasteiger partial charge in [-0.3, -0.25) is 4.18 Å². The van der Waals surface area contributed by atoms with E-state index in [1.165, 1.54) is 0 Å². The average Bonchev–Trinajstić information content (AvgIpc) is 2.17. The molecule has 0 radical (unpaired) electrons. The van der Waals surface area contributed by atoms with Gasteiger partial charge in [-0.15, -0.1) is 0 Å². The maximum absolute atomic E-state index is 10.1. The molecule has 9 nitrogen and oxygen atoms in total. The van der Waals surface area contributed by atoms with Crippen molar-refractivity contribution in [3.63, 3.8) is 0 Å². The molecule has 0 amide bonds. The van der Waals surface area contributed by atoms with E-state index in [2.05, 4.69) is 8.92 Å². The van der Waals surface area contributed by atoms with Crippen molar-refractivity contribution in [2.24, 2.45) is 5.73 Å². The summed E-state index contributed by atoms with van der Waals surface area (Å²) in [6.07, 6.45) is -6.00. The molecule has 1 fully saturated rings. The van der Waals surface area contributed by atoms with Gasteiger partial charge in [0.2, 0.25) is 10.4 Å². The monoisotopic (exact) mass is 258 g/mol. The second kappa shape index (κ2) is 4.89. The van der Waals surface area contributed by atoms with Crippen LogP contribution in [0.1, 0.15) is 0 Å². The van der Waals surface area contributed by atoms with E-state index in [4.69, 9.17) is 10.8 Å². The number of hydrogen-bond donors (Lipinski definition) is 4. The highest BCUT2D eigenvalue weighted by atomic mass is 32.3. The van der Waals surface area contributed by atoms with E-state index >= 15 is 0 Å². The first-order valence-electron chi connectivity index (χ1n) is 4.28. The lowest BCUT2D eigenvalue weighted by atomic mass is 9.98. The molecule has 0 aliphatic carbocycles. The Balaban J connectivity index is 2.61. The molecule has 1 unspecified atom stereocenters. The molecule has 1 saturated heterocycles. The van der Waals surface area contributed by atoms with Crippen molar-refractivity contribution in [2.45, 2.75) is 30.6 Å². The Morgan fingerprint density at radius 2 is 1.88 bits per heavy atom. The minimum Gasteiger partial charge on any atom is -0.726 e. The first kappa shape index (κ1) is 13.7. The zero-order valence-corrected chi connectivity index (χ0v) is 8.78. The van der Waals surface area contributed by atoms with Crippen molar-refractivity contribution in [3.8, 4) is 0 Å². The van der Waals surface area contributed by atoms with Gasteiger partial charge in [0.05, 0.1) is 12.6 Å². The third-order valence-electron chi connectivity index (χ3n) is 2.15. The first-order valence-corrected chi connectivity index (χ1v) is 5.61. The Kier molecular flexibility index (Phi) is 4.20. The van der Waals surface area contributed by atoms with Crippen molar-refractivity contribution >= 4 is 10.4 Å². The molecule has 0 saturated carbocycles. The fourth-order valence-corrected chi connectivity index (χ4v) is 1.56. The summed E-state index contributed by atoms with van der Waals surface area (Å²) in [5.41, 5.74) is 5.25. The summed E-state index contributed by atoms with van der Waals surface area (Å²) in [7, 11) is -4.93. The molecule has 16 heavy (non-hydrogen) atoms. The van der Waals surface area contributed by atoms with Crippen LogP contribution in [0.4, 0.5) is 0 Å². The van der Waals surface area contributed by atoms with Gasteiger partial charge in [-0.05, 0) is 0 Å². The first-order chi connectivity index (χ1) is 7.22. The lowest BCUT2D eigenvalue weighted by Gasteiger charge is -2.38. The van der Waals surface area contributed by atoms with Crippen LogP contribution in [0.15, 0.2) is 0 Å². The maximum atomic E-state index is 10.1. The van der Waals surface area contributed by atoms with Crippen molar-refractivity contribution in [1.82, 2.24) is 0 Å². The number of aliphatic hydroxyl groups excluding tert-OH is 3. The summed E-state index contributed by atoms with van der Waals surface area (Å²) in [5.74, 6) is 0. The maximum Gasteiger partial charge on any atom is 0.217 e. The smallest absolute Gasteiger partial charge is 0.217 e. The molecule has 0 bridgehead atoms. The third-order valence-corrected chi connectivity index (χ3v) is 2.57. The van der Waals surface area contributed by atoms with Crippen molar-refractivity contribution < 1.29 is 37.2 Å². The molecule has 0 aromatic rings. The van der Waals surface area contributed by atoms with Crippen molar-refractivity contribution in [1.29, 1.82) is 0 Å². The second-order valence-electron chi connectivity index (χ2n) is 3.32. The minimum absolute atomic E-state index is 0.812. The number of aliphatic hydroxyl groups is 3. The van der Waals surface area contributed by atoms with Crippen molar-refractivity contribution in [3.05, 3.63) is 0 Å². The molecule has 1 aliphatic heterocycles. The molecule has 1 rings (SSSR count). The van der Waals surface area contributed by atoms with Crippen molar-refractivity contribution in [2.75, 3.05) is 6.61 Å². The molecule has 1 heterocycles. The van der Waals surface area contributed by atoms with Gasteiger partial charge >= 0.3 is 0 Å². The van der Waals surface area contributed by atoms with E-state index in [0.717, 1.165) is 0 Å². The molecule has 96 valence electrons. The van der Waals surface area contributed by atoms with E-state index in [-0.39, 0.29) is 0 Å². The Morgan fingerprint density at radius 3 is 2.38 bits per heavy atom. The van der Waals surface area contributed by atoms with Crippen LogP contribution in [0.3, 0.4) is 0 Å². The highest BCUT2D eigenvalue weighted by molar-refractivity contribution is 7.80. The molecule has 10 heteroatoms. The van der Waals surface area contributed by atoms with Crippen LogP contribution in [-0.2, 0) is 19.3 Å². The summed E-state index contributed by atoms with van der Waals surface area (Å²) in [4.78, 5) is 0. The molecule has 1 aliphatic rings. The molecule has 5 N–H and O–H groups in total. The quantitative estimate of drug-likeness (QED) is 0.294. The topological polar surface area (TPSA) is 162 Å². The summed E-state index contributed by atoms with van der Waals surface area (Å²) in [6, 6.07) is -1.23. The van der Waals surface area contributed by atoms with Crippen LogP contribution in [0.2, 0.25) is 0 Å². The molecule has 0 aromatic carbocycles. The molecular formula is C6H12NO8S-. The predicted octanol–water partition coefficient (Wildman–Crippen LogP) is -3.77. The number of hydrogen-bond acceptors (Lipinski definition) is 9. The van der Waals surface area contributed by atoms with Gasteiger partial charge < -0.3 is 30.3 Å². The molecular weight excluding hydrogens is 246 g/mol. The summed E-state index contributed by atoms with van der Waals surface area (Å²) in [6.45, 7) is -0.812. The standard InChI is InChI=1S/C6H13NO8S/c7-3-5(9)4(8)2(15-6(3)10)1-14-16(11,12)13/h2-6,8-10H,1,7H2,(H,11,12,13)/p-1/t2-,3-,4-,5-,6?/m1/s1. The molecule has 0 spiro atoms. The number of nitrogens with two attached hydrogens (primary N) is 1. The van der Waals surface area contributed by atoms with Gasteiger partial charge in [-0.25, -0.2) is 8.42 Å². The average molecular weight is 258 g/mol. The Morgan fingerprint density at radius 1 is 1.31 bits per heavy atom. The lowest BCUT2D eigenvalue weighted by Crippen LogP contribution is -2.62. The fraction of sp³-hybridized carbons (Fsp3) is 1.00. The SMILES string of the molecule is N[C@H]1C(O)O[C@H](COS(=O)(=O)[O-])[C@@H](O)[C@@H]1O. The summed E-state index contributed by atoms with van der Waals surface area (Å²) < 4.78 is 38.9. The zero-order chi connectivity index (χ0) is 12.5. The Bertz CT molecular complexity index is 331. The van der Waals surface area contributed by atoms with Gasteiger partial charge in [-0.2, -0.15) is 0 Å². The second-order valence-corrected chi connectivity index (χ2v) is 4.37. The molecule has 5 atom stereocenters. The highest BCUT2D eigenvalue weighted by Crippen LogP contribution is 2.19. The third kappa shape index (κ3) is 3.33. The number of rotatable bonds is 3. The Hall–Kier alpha value is -0.330. The normalized spacial score (nSPS) is 40.9. The minimum atomic E-state index is -4.93. The van der Waals surface area contributed by atoms with Crippen LogP contribution in [0.25, 0.3) is 0 Å². The van der Waals surface area contributed by atoms with E-state index < -0.39 is 47.6 Å². The van der Waals surface area contributed by atoms with E-state index in [9.17, 15) is 23.2 Å². The number of ether oxygens (including phenoxy) is 1. The fourth-order valence-electron chi connectivity index (χ4n) is 1.25. The van der Waals surface area contributed by atoms with E-state index in [1.54, 1.807) is 0 Å². The van der Waals surface area contributed by atoms with Crippen LogP contribution in [0.5, 0.6) is 0 Å². The van der Waals surface area contributed by atoms with Gasteiger partial charge in [0.15, 0.2) is 6.29 Å². The van der Waals surface area contributed by atoms with Gasteiger partial charge in [0, 0.05) is 0 Å². The van der Waals surface area contributed by atoms with E-state index in [1.807, 2.05) is 0 Å². The van der Waals surface area contributed by atoms with Gasteiger partial charge in [-0.1, -0.05) is 0 Å². The van der Waals surface area contributed by atoms with E-state index in [0.29, 0.717) is 0 Å². The summed E-state index contributed by atoms with van der Waals surface area (Å²) >= 11 is 0. The largest absolute Gasteiger partial charge is 0.726 e. The highest BCUT2D eigenvalue weighted by Gasteiger charge is 2.42. The van der Waals surface area contributed by atoms with Crippen LogP contribution in [0, 0.1) is 0 Å².